The Morgan fingerprint density at radius 3 is 2.67 bits per heavy atom. The number of hydrogen-bond donors (Lipinski definition) is 0. The lowest BCUT2D eigenvalue weighted by molar-refractivity contribution is -0.138. The van der Waals surface area contributed by atoms with Crippen LogP contribution in [0.2, 0.25) is 0 Å². The van der Waals surface area contributed by atoms with E-state index in [2.05, 4.69) is 6.58 Å². The fourth-order valence-corrected chi connectivity index (χ4v) is 4.60. The van der Waals surface area contributed by atoms with Crippen molar-refractivity contribution in [3.8, 4) is 11.8 Å². The van der Waals surface area contributed by atoms with Gasteiger partial charge in [-0.2, -0.15) is 5.26 Å². The molecule has 2 aromatic carbocycles. The summed E-state index contributed by atoms with van der Waals surface area (Å²) in [5, 5.41) is 10.3. The predicted molar refractivity (Wildman–Crippen MR) is 131 cm³/mol. The van der Waals surface area contributed by atoms with Crippen molar-refractivity contribution in [1.29, 1.82) is 5.26 Å². The van der Waals surface area contributed by atoms with E-state index in [1.807, 2.05) is 59.5 Å². The molecule has 0 aromatic heterocycles. The summed E-state index contributed by atoms with van der Waals surface area (Å²) in [4.78, 5) is 15.3. The molecule has 3 rings (SSSR count). The van der Waals surface area contributed by atoms with Gasteiger partial charge in [0.25, 0.3) is 0 Å². The van der Waals surface area contributed by atoms with E-state index >= 15 is 0 Å². The first-order chi connectivity index (χ1) is 16.1. The second-order valence-corrected chi connectivity index (χ2v) is 8.34. The third-order valence-electron chi connectivity index (χ3n) is 5.12. The van der Waals surface area contributed by atoms with Crippen LogP contribution < -0.4 is 9.64 Å². The number of hydrogen-bond acceptors (Lipinski definition) is 7. The normalized spacial score (nSPS) is 13.8. The number of benzene rings is 2. The molecule has 1 heterocycles. The van der Waals surface area contributed by atoms with Crippen LogP contribution in [-0.4, -0.2) is 32.8 Å². The number of nitriles is 1. The quantitative estimate of drug-likeness (QED) is 0.187. The monoisotopic (exact) mass is 464 g/mol. The summed E-state index contributed by atoms with van der Waals surface area (Å²) in [6.45, 7) is 7.55. The molecular formula is C26H28N2O4S. The molecule has 172 valence electrons. The zero-order valence-electron chi connectivity index (χ0n) is 19.0. The van der Waals surface area contributed by atoms with Crippen LogP contribution >= 0.6 is 11.8 Å². The molecule has 0 saturated carbocycles. The molecule has 0 saturated heterocycles. The first-order valence-corrected chi connectivity index (χ1v) is 11.7. The number of unbranched alkanes of at least 4 members (excludes halogenated alkanes) is 1. The van der Waals surface area contributed by atoms with Gasteiger partial charge >= 0.3 is 5.97 Å². The largest absolute Gasteiger partial charge is 0.497 e. The second kappa shape index (κ2) is 12.1. The second-order valence-electron chi connectivity index (χ2n) is 7.31. The maximum Gasteiger partial charge on any atom is 0.351 e. The molecule has 7 heteroatoms. The summed E-state index contributed by atoms with van der Waals surface area (Å²) in [5.74, 6) is 0.129. The van der Waals surface area contributed by atoms with Gasteiger partial charge in [-0.15, -0.1) is 0 Å². The average Bonchev–Trinajstić information content (AvgIpc) is 3.19. The summed E-state index contributed by atoms with van der Waals surface area (Å²) < 4.78 is 16.3. The lowest BCUT2D eigenvalue weighted by Crippen LogP contribution is -2.23. The van der Waals surface area contributed by atoms with Crippen LogP contribution in [0.4, 0.5) is 5.69 Å². The third kappa shape index (κ3) is 6.19. The van der Waals surface area contributed by atoms with Gasteiger partial charge in [0.05, 0.1) is 26.0 Å². The van der Waals surface area contributed by atoms with Gasteiger partial charge in [-0.25, -0.2) is 4.79 Å². The highest BCUT2D eigenvalue weighted by molar-refractivity contribution is 8.03. The van der Waals surface area contributed by atoms with Crippen molar-refractivity contribution in [3.63, 3.8) is 0 Å². The van der Waals surface area contributed by atoms with E-state index < -0.39 is 5.97 Å². The molecule has 0 amide bonds. The van der Waals surface area contributed by atoms with E-state index in [1.165, 1.54) is 11.8 Å². The fraction of sp³-hybridized carbons (Fsp3) is 0.308. The first kappa shape index (κ1) is 24.4. The Morgan fingerprint density at radius 2 is 2.00 bits per heavy atom. The van der Waals surface area contributed by atoms with Crippen molar-refractivity contribution < 1.29 is 19.0 Å². The number of anilines is 1. The first-order valence-electron chi connectivity index (χ1n) is 10.8. The summed E-state index contributed by atoms with van der Waals surface area (Å²) >= 11 is 1.39. The predicted octanol–water partition coefficient (Wildman–Crippen LogP) is 5.55. The Balaban J connectivity index is 1.63. The van der Waals surface area contributed by atoms with E-state index in [0.717, 1.165) is 40.3 Å². The molecule has 0 bridgehead atoms. The molecule has 33 heavy (non-hydrogen) atoms. The number of esters is 1. The molecule has 0 N–H and O–H groups in total. The van der Waals surface area contributed by atoms with Gasteiger partial charge in [0.1, 0.15) is 16.8 Å². The highest BCUT2D eigenvalue weighted by Gasteiger charge is 2.31. The third-order valence-corrected chi connectivity index (χ3v) is 6.28. The molecule has 0 atom stereocenters. The summed E-state index contributed by atoms with van der Waals surface area (Å²) in [7, 11) is 1.61. The van der Waals surface area contributed by atoms with Gasteiger partial charge in [-0.1, -0.05) is 48.7 Å². The van der Waals surface area contributed by atoms with Crippen molar-refractivity contribution in [1.82, 2.24) is 0 Å². The number of thioether (sulfide) groups is 1. The molecule has 6 nitrogen and oxygen atoms in total. The molecular weight excluding hydrogens is 436 g/mol. The van der Waals surface area contributed by atoms with Crippen molar-refractivity contribution in [2.24, 2.45) is 0 Å². The van der Waals surface area contributed by atoms with Gasteiger partial charge in [0, 0.05) is 18.0 Å². The van der Waals surface area contributed by atoms with Gasteiger partial charge in [-0.3, -0.25) is 0 Å². The molecule has 1 aliphatic rings. The highest BCUT2D eigenvalue weighted by Crippen LogP contribution is 2.48. The minimum atomic E-state index is -0.599. The summed E-state index contributed by atoms with van der Waals surface area (Å²) in [6.07, 6.45) is 3.51. The van der Waals surface area contributed by atoms with Crippen LogP contribution in [0.25, 0.3) is 6.08 Å². The van der Waals surface area contributed by atoms with Crippen LogP contribution in [0.15, 0.2) is 64.5 Å². The van der Waals surface area contributed by atoms with Crippen molar-refractivity contribution >= 4 is 29.5 Å². The molecule has 2 aromatic rings. The Labute approximate surface area is 199 Å². The number of ether oxygens (including phenoxy) is 3. The van der Waals surface area contributed by atoms with Crippen molar-refractivity contribution in [2.75, 3.05) is 31.8 Å². The molecule has 0 unspecified atom stereocenters. The van der Waals surface area contributed by atoms with Gasteiger partial charge in [0.15, 0.2) is 5.57 Å². The smallest absolute Gasteiger partial charge is 0.351 e. The minimum absolute atomic E-state index is 0.0243. The Hall–Kier alpha value is -3.21. The lowest BCUT2D eigenvalue weighted by atomic mass is 10.1. The summed E-state index contributed by atoms with van der Waals surface area (Å²) in [6, 6.07) is 15.9. The number of nitrogens with zero attached hydrogens (tertiary/aromatic N) is 2. The Morgan fingerprint density at radius 1 is 1.21 bits per heavy atom. The molecule has 1 aliphatic heterocycles. The van der Waals surface area contributed by atoms with Crippen LogP contribution in [0.1, 0.15) is 30.9 Å². The van der Waals surface area contributed by atoms with Crippen LogP contribution in [-0.2, 0) is 20.9 Å². The average molecular weight is 465 g/mol. The standard InChI is InChI=1S/C26H28N2O4S/c1-4-19-8-10-20(11-9-19)18-31-15-7-6-14-28-23-13-12-21(30-3)16-24(23)33-25(28)22(17-27)26(29)32-5-2/h4,8-13,16H,1,5-7,14-15,18H2,2-3H3/b25-22-. The zero-order chi connectivity index (χ0) is 23.6. The van der Waals surface area contributed by atoms with Crippen LogP contribution in [0.3, 0.4) is 0 Å². The van der Waals surface area contributed by atoms with E-state index in [9.17, 15) is 10.1 Å². The van der Waals surface area contributed by atoms with E-state index in [-0.39, 0.29) is 12.2 Å². The molecule has 0 radical (unpaired) electrons. The molecule has 0 aliphatic carbocycles. The van der Waals surface area contributed by atoms with Crippen molar-refractivity contribution in [3.05, 3.63) is 70.8 Å². The summed E-state index contributed by atoms with van der Waals surface area (Å²) in [5.41, 5.74) is 3.19. The lowest BCUT2D eigenvalue weighted by Gasteiger charge is -2.21. The van der Waals surface area contributed by atoms with Gasteiger partial charge in [0.2, 0.25) is 0 Å². The van der Waals surface area contributed by atoms with Crippen LogP contribution in [0.5, 0.6) is 5.75 Å². The number of methoxy groups -OCH3 is 1. The topological polar surface area (TPSA) is 71.8 Å². The molecule has 0 spiro atoms. The minimum Gasteiger partial charge on any atom is -0.497 e. The van der Waals surface area contributed by atoms with Crippen molar-refractivity contribution in [2.45, 2.75) is 31.3 Å². The Bertz CT molecular complexity index is 1060. The van der Waals surface area contributed by atoms with Gasteiger partial charge in [-0.05, 0) is 49.1 Å². The number of carbonyl (C=O) groups excluding carboxylic acids is 1. The number of carbonyl (C=O) groups is 1. The number of fused-ring (bicyclic) bond motifs is 1. The number of rotatable bonds is 11. The van der Waals surface area contributed by atoms with E-state index in [4.69, 9.17) is 14.2 Å². The van der Waals surface area contributed by atoms with Crippen LogP contribution in [0, 0.1) is 11.3 Å². The van der Waals surface area contributed by atoms with E-state index in [0.29, 0.717) is 24.8 Å². The maximum atomic E-state index is 12.4. The molecule has 0 fully saturated rings. The highest BCUT2D eigenvalue weighted by atomic mass is 32.2. The zero-order valence-corrected chi connectivity index (χ0v) is 19.8. The SMILES string of the molecule is C=Cc1ccc(COCCCCN2/C(=C(\C#N)C(=O)OCC)Sc3cc(OC)ccc32)cc1. The van der Waals surface area contributed by atoms with E-state index in [1.54, 1.807) is 14.0 Å². The fourth-order valence-electron chi connectivity index (χ4n) is 3.40. The maximum absolute atomic E-state index is 12.4. The van der Waals surface area contributed by atoms with Gasteiger partial charge < -0.3 is 19.1 Å². The Kier molecular flexibility index (Phi) is 8.99.